The number of rotatable bonds is 5. The lowest BCUT2D eigenvalue weighted by Crippen LogP contribution is -2.43. The fourth-order valence-corrected chi connectivity index (χ4v) is 1.47. The van der Waals surface area contributed by atoms with Gasteiger partial charge in [-0.25, -0.2) is 0 Å². The van der Waals surface area contributed by atoms with E-state index < -0.39 is 17.1 Å². The Bertz CT molecular complexity index is 313. The molecule has 100 valence electrons. The van der Waals surface area contributed by atoms with Crippen molar-refractivity contribution in [2.75, 3.05) is 7.05 Å². The number of allylic oxidation sites excluding steroid dienone is 2. The quantitative estimate of drug-likeness (QED) is 0.559. The smallest absolute Gasteiger partial charge is 0.361 e. The minimum Gasteiger partial charge on any atom is -0.361 e. The molecular formula is C10H17F3N2O2. The summed E-state index contributed by atoms with van der Waals surface area (Å²) in [6, 6.07) is -1.68. The summed E-state index contributed by atoms with van der Waals surface area (Å²) in [6.45, 7) is 4.17. The highest BCUT2D eigenvalue weighted by atomic mass is 19.4. The molecule has 0 aliphatic carbocycles. The van der Waals surface area contributed by atoms with E-state index in [0.717, 1.165) is 4.90 Å². The van der Waals surface area contributed by atoms with Gasteiger partial charge in [-0.05, 0) is 13.3 Å². The Balaban J connectivity index is 5.16. The van der Waals surface area contributed by atoms with E-state index in [1.54, 1.807) is 6.92 Å². The summed E-state index contributed by atoms with van der Waals surface area (Å²) in [6.07, 6.45) is -4.11. The molecule has 1 atom stereocenters. The van der Waals surface area contributed by atoms with Gasteiger partial charge in [0.15, 0.2) is 0 Å². The lowest BCUT2D eigenvalue weighted by atomic mass is 10.1. The molecule has 0 aliphatic heterocycles. The van der Waals surface area contributed by atoms with E-state index in [1.807, 2.05) is 0 Å². The van der Waals surface area contributed by atoms with Crippen LogP contribution in [0.3, 0.4) is 0 Å². The molecule has 1 unspecified atom stereocenters. The van der Waals surface area contributed by atoms with Crippen LogP contribution in [0.15, 0.2) is 11.4 Å². The highest BCUT2D eigenvalue weighted by Gasteiger charge is 2.42. The first-order valence-corrected chi connectivity index (χ1v) is 5.24. The van der Waals surface area contributed by atoms with E-state index in [2.05, 4.69) is 0 Å². The van der Waals surface area contributed by atoms with Crippen LogP contribution in [0.2, 0.25) is 0 Å². The minimum atomic E-state index is -4.39. The summed E-state index contributed by atoms with van der Waals surface area (Å²) in [7, 11) is 1.23. The molecule has 0 amide bonds. The van der Waals surface area contributed by atoms with E-state index in [1.165, 1.54) is 20.9 Å². The van der Waals surface area contributed by atoms with Crippen molar-refractivity contribution in [1.82, 2.24) is 4.90 Å². The standard InChI is InChI=1S/C10H17F3N2O2/c1-5-6-9(10(11,12)13)14(4)7(2)8(3)15(16)17/h9H,5-6H2,1-4H3/b8-7+. The maximum absolute atomic E-state index is 12.7. The number of alkyl halides is 3. The van der Waals surface area contributed by atoms with Crippen molar-refractivity contribution in [2.24, 2.45) is 0 Å². The van der Waals surface area contributed by atoms with Crippen molar-refractivity contribution in [3.8, 4) is 0 Å². The van der Waals surface area contributed by atoms with Gasteiger partial charge in [0.1, 0.15) is 6.04 Å². The molecule has 0 heterocycles. The Morgan fingerprint density at radius 3 is 2.18 bits per heavy atom. The SMILES string of the molecule is CCCC(N(C)/C(C)=C(\C)[N+](=O)[O-])C(F)(F)F. The highest BCUT2D eigenvalue weighted by molar-refractivity contribution is 5.03. The summed E-state index contributed by atoms with van der Waals surface area (Å²) < 4.78 is 38.2. The lowest BCUT2D eigenvalue weighted by Gasteiger charge is -2.31. The zero-order valence-corrected chi connectivity index (χ0v) is 10.3. The van der Waals surface area contributed by atoms with Gasteiger partial charge < -0.3 is 4.90 Å². The molecule has 0 aromatic carbocycles. The normalized spacial score (nSPS) is 15.2. The molecule has 0 N–H and O–H groups in total. The largest absolute Gasteiger partial charge is 0.408 e. The molecular weight excluding hydrogens is 237 g/mol. The maximum Gasteiger partial charge on any atom is 0.408 e. The molecule has 0 fully saturated rings. The fraction of sp³-hybridized carbons (Fsp3) is 0.800. The van der Waals surface area contributed by atoms with Gasteiger partial charge in [0.05, 0.1) is 10.6 Å². The average molecular weight is 254 g/mol. The van der Waals surface area contributed by atoms with Gasteiger partial charge >= 0.3 is 6.18 Å². The number of hydrogen-bond donors (Lipinski definition) is 0. The van der Waals surface area contributed by atoms with Gasteiger partial charge in [-0.15, -0.1) is 0 Å². The number of hydrogen-bond acceptors (Lipinski definition) is 3. The molecule has 0 aromatic heterocycles. The molecule has 0 bridgehead atoms. The summed E-state index contributed by atoms with van der Waals surface area (Å²) in [5.41, 5.74) is -0.233. The van der Waals surface area contributed by atoms with Crippen LogP contribution in [0.4, 0.5) is 13.2 Å². The fourth-order valence-electron chi connectivity index (χ4n) is 1.47. The van der Waals surface area contributed by atoms with Crippen LogP contribution in [-0.2, 0) is 0 Å². The van der Waals surface area contributed by atoms with Crippen LogP contribution in [0.1, 0.15) is 33.6 Å². The zero-order valence-electron chi connectivity index (χ0n) is 10.3. The van der Waals surface area contributed by atoms with Crippen LogP contribution in [0.25, 0.3) is 0 Å². The van der Waals surface area contributed by atoms with Crippen LogP contribution in [0.5, 0.6) is 0 Å². The molecule has 7 heteroatoms. The second-order valence-electron chi connectivity index (χ2n) is 3.88. The molecule has 0 rings (SSSR count). The molecule has 0 spiro atoms. The Morgan fingerprint density at radius 2 is 1.88 bits per heavy atom. The van der Waals surface area contributed by atoms with Gasteiger partial charge in [-0.2, -0.15) is 13.2 Å². The molecule has 0 aromatic rings. The van der Waals surface area contributed by atoms with Gasteiger partial charge in [0.25, 0.3) is 5.70 Å². The Hall–Kier alpha value is -1.27. The van der Waals surface area contributed by atoms with E-state index in [-0.39, 0.29) is 17.8 Å². The summed E-state index contributed by atoms with van der Waals surface area (Å²) in [5, 5.41) is 10.5. The third kappa shape index (κ3) is 4.24. The first kappa shape index (κ1) is 15.7. The monoisotopic (exact) mass is 254 g/mol. The molecule has 17 heavy (non-hydrogen) atoms. The summed E-state index contributed by atoms with van der Waals surface area (Å²) in [5.74, 6) is 0. The highest BCUT2D eigenvalue weighted by Crippen LogP contribution is 2.30. The Labute approximate surface area is 98.2 Å². The third-order valence-corrected chi connectivity index (χ3v) is 2.73. The maximum atomic E-state index is 12.7. The van der Waals surface area contributed by atoms with Gasteiger partial charge in [-0.1, -0.05) is 13.3 Å². The van der Waals surface area contributed by atoms with E-state index in [0.29, 0.717) is 6.42 Å². The number of nitrogens with zero attached hydrogens (tertiary/aromatic N) is 2. The molecule has 0 radical (unpaired) electrons. The topological polar surface area (TPSA) is 46.4 Å². The van der Waals surface area contributed by atoms with Crippen LogP contribution in [-0.4, -0.2) is 29.1 Å². The van der Waals surface area contributed by atoms with Crippen LogP contribution in [0, 0.1) is 10.1 Å². The van der Waals surface area contributed by atoms with Crippen LogP contribution < -0.4 is 0 Å². The molecule has 0 saturated heterocycles. The molecule has 0 saturated carbocycles. The predicted molar refractivity (Wildman–Crippen MR) is 57.9 cm³/mol. The second kappa shape index (κ2) is 5.88. The third-order valence-electron chi connectivity index (χ3n) is 2.73. The lowest BCUT2D eigenvalue weighted by molar-refractivity contribution is -0.426. The Morgan fingerprint density at radius 1 is 1.41 bits per heavy atom. The van der Waals surface area contributed by atoms with Gasteiger partial charge in [-0.3, -0.25) is 10.1 Å². The summed E-state index contributed by atoms with van der Waals surface area (Å²) >= 11 is 0. The predicted octanol–water partition coefficient (Wildman–Crippen LogP) is 3.18. The molecule has 0 aliphatic rings. The molecule has 4 nitrogen and oxygen atoms in total. The first-order valence-electron chi connectivity index (χ1n) is 5.24. The Kier molecular flexibility index (Phi) is 5.44. The number of nitro groups is 1. The van der Waals surface area contributed by atoms with Crippen molar-refractivity contribution >= 4 is 0 Å². The second-order valence-corrected chi connectivity index (χ2v) is 3.88. The summed E-state index contributed by atoms with van der Waals surface area (Å²) in [4.78, 5) is 10.8. The van der Waals surface area contributed by atoms with Gasteiger partial charge in [0.2, 0.25) is 0 Å². The zero-order chi connectivity index (χ0) is 13.8. The van der Waals surface area contributed by atoms with Crippen molar-refractivity contribution in [3.05, 3.63) is 21.5 Å². The van der Waals surface area contributed by atoms with E-state index in [4.69, 9.17) is 0 Å². The van der Waals surface area contributed by atoms with E-state index in [9.17, 15) is 23.3 Å². The van der Waals surface area contributed by atoms with Crippen molar-refractivity contribution in [3.63, 3.8) is 0 Å². The van der Waals surface area contributed by atoms with Crippen molar-refractivity contribution in [1.29, 1.82) is 0 Å². The van der Waals surface area contributed by atoms with Crippen LogP contribution >= 0.6 is 0 Å². The van der Waals surface area contributed by atoms with Gasteiger partial charge in [0, 0.05) is 14.0 Å². The first-order chi connectivity index (χ1) is 7.62. The van der Waals surface area contributed by atoms with Crippen molar-refractivity contribution < 1.29 is 18.1 Å². The van der Waals surface area contributed by atoms with Crippen molar-refractivity contribution in [2.45, 2.75) is 45.8 Å². The minimum absolute atomic E-state index is 0.0331. The van der Waals surface area contributed by atoms with E-state index >= 15 is 0 Å². The average Bonchev–Trinajstić information content (AvgIpc) is 2.21. The number of halogens is 3.